The van der Waals surface area contributed by atoms with Crippen molar-refractivity contribution in [3.8, 4) is 0 Å². The molecule has 0 aliphatic heterocycles. The van der Waals surface area contributed by atoms with Crippen LogP contribution in [0.5, 0.6) is 0 Å². The zero-order valence-electron chi connectivity index (χ0n) is 14.7. The van der Waals surface area contributed by atoms with E-state index >= 15 is 0 Å². The van der Waals surface area contributed by atoms with Gasteiger partial charge in [0.1, 0.15) is 0 Å². The van der Waals surface area contributed by atoms with Crippen LogP contribution >= 0.6 is 11.6 Å². The van der Waals surface area contributed by atoms with Crippen LogP contribution in [0.4, 0.5) is 0 Å². The molecular formula is C19H23ClN4O. The highest BCUT2D eigenvalue weighted by Gasteiger charge is 2.20. The van der Waals surface area contributed by atoms with Crippen LogP contribution in [0.25, 0.3) is 10.9 Å². The molecule has 0 aliphatic carbocycles. The summed E-state index contributed by atoms with van der Waals surface area (Å²) in [6, 6.07) is 7.67. The number of carbonyl (C=O) groups is 1. The van der Waals surface area contributed by atoms with E-state index in [9.17, 15) is 4.79 Å². The molecule has 25 heavy (non-hydrogen) atoms. The minimum Gasteiger partial charge on any atom is -0.361 e. The molecule has 2 aromatic heterocycles. The fraction of sp³-hybridized carbons (Fsp3) is 0.368. The van der Waals surface area contributed by atoms with Crippen LogP contribution in [0.15, 0.2) is 36.7 Å². The average Bonchev–Trinajstić information content (AvgIpc) is 3.14. The molecule has 0 aliphatic rings. The van der Waals surface area contributed by atoms with Crippen LogP contribution < -0.4 is 5.32 Å². The van der Waals surface area contributed by atoms with E-state index in [0.29, 0.717) is 23.9 Å². The Morgan fingerprint density at radius 2 is 2.16 bits per heavy atom. The van der Waals surface area contributed by atoms with Crippen molar-refractivity contribution in [1.82, 2.24) is 20.1 Å². The number of benzene rings is 1. The number of carbonyl (C=O) groups excluding carboxylic acids is 1. The predicted octanol–water partition coefficient (Wildman–Crippen LogP) is 3.65. The van der Waals surface area contributed by atoms with Gasteiger partial charge in [0.05, 0.1) is 6.42 Å². The SMILES string of the molecule is CC(C)C(CNC(=O)Cc1c[nH]c2ccc(Cl)cc12)c1ccnn1C. The molecule has 1 atom stereocenters. The third-order valence-electron chi connectivity index (χ3n) is 4.64. The first-order valence-electron chi connectivity index (χ1n) is 8.46. The smallest absolute Gasteiger partial charge is 0.224 e. The maximum Gasteiger partial charge on any atom is 0.224 e. The minimum atomic E-state index is 0.00805. The summed E-state index contributed by atoms with van der Waals surface area (Å²) >= 11 is 6.07. The molecular weight excluding hydrogens is 336 g/mol. The van der Waals surface area contributed by atoms with Gasteiger partial charge in [-0.05, 0) is 35.7 Å². The second kappa shape index (κ2) is 7.31. The number of amides is 1. The fourth-order valence-electron chi connectivity index (χ4n) is 3.19. The van der Waals surface area contributed by atoms with E-state index in [0.717, 1.165) is 22.2 Å². The lowest BCUT2D eigenvalue weighted by atomic mass is 9.92. The van der Waals surface area contributed by atoms with Crippen molar-refractivity contribution in [2.45, 2.75) is 26.2 Å². The van der Waals surface area contributed by atoms with Crippen LogP contribution in [0.2, 0.25) is 5.02 Å². The van der Waals surface area contributed by atoms with Crippen LogP contribution in [0, 0.1) is 5.92 Å². The predicted molar refractivity (Wildman–Crippen MR) is 101 cm³/mol. The molecule has 0 saturated carbocycles. The second-order valence-electron chi connectivity index (χ2n) is 6.71. The average molecular weight is 359 g/mol. The first kappa shape index (κ1) is 17.5. The number of aryl methyl sites for hydroxylation is 1. The van der Waals surface area contributed by atoms with E-state index in [-0.39, 0.29) is 11.8 Å². The Morgan fingerprint density at radius 3 is 2.84 bits per heavy atom. The summed E-state index contributed by atoms with van der Waals surface area (Å²) in [4.78, 5) is 15.6. The number of nitrogens with zero attached hydrogens (tertiary/aromatic N) is 2. The molecule has 0 spiro atoms. The lowest BCUT2D eigenvalue weighted by Gasteiger charge is -2.21. The largest absolute Gasteiger partial charge is 0.361 e. The first-order valence-corrected chi connectivity index (χ1v) is 8.83. The van der Waals surface area contributed by atoms with Gasteiger partial charge in [-0.1, -0.05) is 25.4 Å². The number of H-pyrrole nitrogens is 1. The third kappa shape index (κ3) is 3.87. The number of nitrogens with one attached hydrogen (secondary N) is 2. The Labute approximate surface area is 152 Å². The van der Waals surface area contributed by atoms with Crippen molar-refractivity contribution < 1.29 is 4.79 Å². The second-order valence-corrected chi connectivity index (χ2v) is 7.15. The Balaban J connectivity index is 1.67. The van der Waals surface area contributed by atoms with Crippen LogP contribution in [0.1, 0.15) is 31.0 Å². The van der Waals surface area contributed by atoms with E-state index in [2.05, 4.69) is 29.2 Å². The van der Waals surface area contributed by atoms with Crippen LogP contribution in [-0.4, -0.2) is 27.2 Å². The monoisotopic (exact) mass is 358 g/mol. The molecule has 3 aromatic rings. The van der Waals surface area contributed by atoms with Crippen LogP contribution in [-0.2, 0) is 18.3 Å². The Morgan fingerprint density at radius 1 is 1.36 bits per heavy atom. The zero-order valence-corrected chi connectivity index (χ0v) is 15.5. The van der Waals surface area contributed by atoms with Crippen LogP contribution in [0.3, 0.4) is 0 Å². The van der Waals surface area contributed by atoms with Gasteiger partial charge in [-0.15, -0.1) is 0 Å². The number of halogens is 1. The quantitative estimate of drug-likeness (QED) is 0.706. The molecule has 1 unspecified atom stereocenters. The lowest BCUT2D eigenvalue weighted by Crippen LogP contribution is -2.32. The summed E-state index contributed by atoms with van der Waals surface area (Å²) in [5.74, 6) is 0.644. The van der Waals surface area contributed by atoms with Gasteiger partial charge in [-0.3, -0.25) is 9.48 Å². The molecule has 0 radical (unpaired) electrons. The number of rotatable bonds is 6. The van der Waals surface area contributed by atoms with E-state index < -0.39 is 0 Å². The fourth-order valence-corrected chi connectivity index (χ4v) is 3.36. The van der Waals surface area contributed by atoms with Crippen molar-refractivity contribution >= 4 is 28.4 Å². The summed E-state index contributed by atoms with van der Waals surface area (Å²) < 4.78 is 1.87. The summed E-state index contributed by atoms with van der Waals surface area (Å²) in [6.07, 6.45) is 4.00. The molecule has 6 heteroatoms. The van der Waals surface area contributed by atoms with Gasteiger partial charge in [-0.2, -0.15) is 5.10 Å². The molecule has 1 amide bonds. The zero-order chi connectivity index (χ0) is 18.0. The molecule has 0 bridgehead atoms. The molecule has 0 fully saturated rings. The maximum absolute atomic E-state index is 12.4. The highest BCUT2D eigenvalue weighted by Crippen LogP contribution is 2.24. The van der Waals surface area contributed by atoms with E-state index in [1.807, 2.05) is 42.2 Å². The van der Waals surface area contributed by atoms with Gasteiger partial charge in [0, 0.05) is 53.5 Å². The topological polar surface area (TPSA) is 62.7 Å². The Bertz CT molecular complexity index is 881. The van der Waals surface area contributed by atoms with Crippen molar-refractivity contribution in [3.05, 3.63) is 52.9 Å². The highest BCUT2D eigenvalue weighted by atomic mass is 35.5. The molecule has 2 N–H and O–H groups in total. The number of fused-ring (bicyclic) bond motifs is 1. The summed E-state index contributed by atoms with van der Waals surface area (Å²) in [7, 11) is 1.93. The van der Waals surface area contributed by atoms with Crippen molar-refractivity contribution in [2.75, 3.05) is 6.54 Å². The van der Waals surface area contributed by atoms with E-state index in [4.69, 9.17) is 11.6 Å². The number of hydrogen-bond donors (Lipinski definition) is 2. The summed E-state index contributed by atoms with van der Waals surface area (Å²) in [6.45, 7) is 4.91. The highest BCUT2D eigenvalue weighted by molar-refractivity contribution is 6.31. The maximum atomic E-state index is 12.4. The van der Waals surface area contributed by atoms with Gasteiger partial charge in [0.15, 0.2) is 0 Å². The summed E-state index contributed by atoms with van der Waals surface area (Å²) in [5.41, 5.74) is 3.08. The van der Waals surface area contributed by atoms with Crippen molar-refractivity contribution in [2.24, 2.45) is 13.0 Å². The number of hydrogen-bond acceptors (Lipinski definition) is 2. The molecule has 0 saturated heterocycles. The Kier molecular flexibility index (Phi) is 5.13. The van der Waals surface area contributed by atoms with Gasteiger partial charge in [0.2, 0.25) is 5.91 Å². The van der Waals surface area contributed by atoms with Crippen molar-refractivity contribution in [1.29, 1.82) is 0 Å². The molecule has 5 nitrogen and oxygen atoms in total. The number of aromatic amines is 1. The third-order valence-corrected chi connectivity index (χ3v) is 4.88. The lowest BCUT2D eigenvalue weighted by molar-refractivity contribution is -0.120. The molecule has 132 valence electrons. The molecule has 3 rings (SSSR count). The van der Waals surface area contributed by atoms with Crippen molar-refractivity contribution in [3.63, 3.8) is 0 Å². The normalized spacial score (nSPS) is 12.7. The first-order chi connectivity index (χ1) is 12.0. The van der Waals surface area contributed by atoms with Gasteiger partial charge in [0.25, 0.3) is 0 Å². The standard InChI is InChI=1S/C19H23ClN4O/c1-12(2)16(18-6-7-23-24(18)3)11-22-19(25)8-13-10-21-17-5-4-14(20)9-15(13)17/h4-7,9-10,12,16,21H,8,11H2,1-3H3,(H,22,25). The van der Waals surface area contributed by atoms with Gasteiger partial charge >= 0.3 is 0 Å². The van der Waals surface area contributed by atoms with Gasteiger partial charge in [-0.25, -0.2) is 0 Å². The van der Waals surface area contributed by atoms with Gasteiger partial charge < -0.3 is 10.3 Å². The Hall–Kier alpha value is -2.27. The minimum absolute atomic E-state index is 0.00805. The number of aromatic nitrogens is 3. The van der Waals surface area contributed by atoms with E-state index in [1.165, 1.54) is 0 Å². The molecule has 2 heterocycles. The van der Waals surface area contributed by atoms with E-state index in [1.54, 1.807) is 6.20 Å². The molecule has 1 aromatic carbocycles. The summed E-state index contributed by atoms with van der Waals surface area (Å²) in [5, 5.41) is 8.97.